The van der Waals surface area contributed by atoms with E-state index in [1.165, 1.54) is 0 Å². The van der Waals surface area contributed by atoms with Crippen molar-refractivity contribution in [3.8, 4) is 12.1 Å². The van der Waals surface area contributed by atoms with Gasteiger partial charge in [0.15, 0.2) is 0 Å². The number of hydrogen-bond donors (Lipinski definition) is 0. The van der Waals surface area contributed by atoms with Gasteiger partial charge in [-0.25, -0.2) is 0 Å². The Labute approximate surface area is 94.1 Å². The fraction of sp³-hybridized carbons (Fsp3) is 0.231. The van der Waals surface area contributed by atoms with Crippen molar-refractivity contribution >= 4 is 10.9 Å². The first-order chi connectivity index (χ1) is 7.83. The van der Waals surface area contributed by atoms with Crippen molar-refractivity contribution in [2.75, 3.05) is 0 Å². The molecule has 0 radical (unpaired) electrons. The van der Waals surface area contributed by atoms with E-state index in [1.807, 2.05) is 35.8 Å². The van der Waals surface area contributed by atoms with Crippen LogP contribution in [0.25, 0.3) is 10.9 Å². The standard InChI is InChI=1S/C13H11N3/c1-2-16-12-6-4-3-5-10(12)11(7-8-14)13(16)9-15/h3-6H,2,7H2,1H3. The van der Waals surface area contributed by atoms with E-state index < -0.39 is 0 Å². The molecular weight excluding hydrogens is 198 g/mol. The molecule has 2 rings (SSSR count). The molecule has 0 amide bonds. The molecule has 0 bridgehead atoms. The third kappa shape index (κ3) is 1.34. The Morgan fingerprint density at radius 3 is 2.62 bits per heavy atom. The van der Waals surface area contributed by atoms with Crippen LogP contribution in [0.2, 0.25) is 0 Å². The van der Waals surface area contributed by atoms with Crippen molar-refractivity contribution in [1.29, 1.82) is 10.5 Å². The second kappa shape index (κ2) is 4.08. The van der Waals surface area contributed by atoms with Crippen LogP contribution in [0.1, 0.15) is 18.2 Å². The van der Waals surface area contributed by atoms with Gasteiger partial charge in [0.05, 0.1) is 12.5 Å². The highest BCUT2D eigenvalue weighted by molar-refractivity contribution is 5.87. The topological polar surface area (TPSA) is 52.5 Å². The number of fused-ring (bicyclic) bond motifs is 1. The number of nitriles is 2. The van der Waals surface area contributed by atoms with Crippen LogP contribution in [0.3, 0.4) is 0 Å². The van der Waals surface area contributed by atoms with E-state index in [9.17, 15) is 5.26 Å². The molecule has 1 heterocycles. The summed E-state index contributed by atoms with van der Waals surface area (Å²) in [7, 11) is 0. The van der Waals surface area contributed by atoms with Gasteiger partial charge in [-0.3, -0.25) is 0 Å². The van der Waals surface area contributed by atoms with E-state index in [0.717, 1.165) is 23.0 Å². The van der Waals surface area contributed by atoms with Gasteiger partial charge in [-0.05, 0) is 13.0 Å². The van der Waals surface area contributed by atoms with Gasteiger partial charge >= 0.3 is 0 Å². The summed E-state index contributed by atoms with van der Waals surface area (Å²) in [6.45, 7) is 2.75. The highest BCUT2D eigenvalue weighted by atomic mass is 15.0. The molecule has 0 atom stereocenters. The first-order valence-corrected chi connectivity index (χ1v) is 5.20. The van der Waals surface area contributed by atoms with Crippen LogP contribution < -0.4 is 0 Å². The number of aryl methyl sites for hydroxylation is 1. The molecule has 0 saturated heterocycles. The predicted molar refractivity (Wildman–Crippen MR) is 61.6 cm³/mol. The molecule has 0 spiro atoms. The molecule has 1 aromatic heterocycles. The maximum absolute atomic E-state index is 9.18. The SMILES string of the molecule is CCn1c(C#N)c(CC#N)c2ccccc21. The predicted octanol–water partition coefficient (Wildman–Crippen LogP) is 2.60. The monoisotopic (exact) mass is 209 g/mol. The number of rotatable bonds is 2. The lowest BCUT2D eigenvalue weighted by Gasteiger charge is -2.01. The molecule has 0 unspecified atom stereocenters. The van der Waals surface area contributed by atoms with Crippen molar-refractivity contribution in [2.45, 2.75) is 19.9 Å². The number of aromatic nitrogens is 1. The summed E-state index contributed by atoms with van der Waals surface area (Å²) in [5.74, 6) is 0. The summed E-state index contributed by atoms with van der Waals surface area (Å²) < 4.78 is 1.96. The zero-order valence-electron chi connectivity index (χ0n) is 9.07. The van der Waals surface area contributed by atoms with Gasteiger partial charge in [0.25, 0.3) is 0 Å². The van der Waals surface area contributed by atoms with Crippen molar-refractivity contribution < 1.29 is 0 Å². The van der Waals surface area contributed by atoms with E-state index >= 15 is 0 Å². The van der Waals surface area contributed by atoms with Crippen LogP contribution in [0.15, 0.2) is 24.3 Å². The van der Waals surface area contributed by atoms with Crippen molar-refractivity contribution in [3.63, 3.8) is 0 Å². The normalized spacial score (nSPS) is 9.94. The van der Waals surface area contributed by atoms with Crippen LogP contribution in [0, 0.1) is 22.7 Å². The van der Waals surface area contributed by atoms with E-state index in [0.29, 0.717) is 5.69 Å². The number of benzene rings is 1. The fourth-order valence-electron chi connectivity index (χ4n) is 2.09. The molecule has 16 heavy (non-hydrogen) atoms. The Hall–Kier alpha value is -2.26. The molecular formula is C13H11N3. The molecule has 3 nitrogen and oxygen atoms in total. The van der Waals surface area contributed by atoms with Gasteiger partial charge in [-0.15, -0.1) is 0 Å². The minimum atomic E-state index is 0.288. The van der Waals surface area contributed by atoms with Crippen molar-refractivity contribution in [1.82, 2.24) is 4.57 Å². The second-order valence-electron chi connectivity index (χ2n) is 3.54. The maximum Gasteiger partial charge on any atom is 0.125 e. The summed E-state index contributed by atoms with van der Waals surface area (Å²) in [6, 6.07) is 12.2. The van der Waals surface area contributed by atoms with E-state index in [1.54, 1.807) is 0 Å². The molecule has 3 heteroatoms. The van der Waals surface area contributed by atoms with E-state index in [-0.39, 0.29) is 6.42 Å². The largest absolute Gasteiger partial charge is 0.332 e. The maximum atomic E-state index is 9.18. The first kappa shape index (κ1) is 10.3. The lowest BCUT2D eigenvalue weighted by molar-refractivity contribution is 0.781. The summed E-state index contributed by atoms with van der Waals surface area (Å²) in [6.07, 6.45) is 0.288. The van der Waals surface area contributed by atoms with Gasteiger partial charge < -0.3 is 4.57 Å². The van der Waals surface area contributed by atoms with E-state index in [4.69, 9.17) is 5.26 Å². The molecule has 0 aliphatic rings. The molecule has 0 N–H and O–H groups in total. The minimum absolute atomic E-state index is 0.288. The molecule has 0 aliphatic carbocycles. The third-order valence-corrected chi connectivity index (χ3v) is 2.75. The molecule has 0 saturated carbocycles. The second-order valence-corrected chi connectivity index (χ2v) is 3.54. The van der Waals surface area contributed by atoms with Crippen LogP contribution in [-0.2, 0) is 13.0 Å². The summed E-state index contributed by atoms with van der Waals surface area (Å²) >= 11 is 0. The zero-order chi connectivity index (χ0) is 11.5. The smallest absolute Gasteiger partial charge is 0.125 e. The Kier molecular flexibility index (Phi) is 2.62. The minimum Gasteiger partial charge on any atom is -0.332 e. The average molecular weight is 209 g/mol. The Balaban J connectivity index is 2.87. The Morgan fingerprint density at radius 1 is 1.25 bits per heavy atom. The number of para-hydroxylation sites is 1. The van der Waals surface area contributed by atoms with Gasteiger partial charge in [0, 0.05) is 23.0 Å². The highest BCUT2D eigenvalue weighted by Crippen LogP contribution is 2.26. The molecule has 0 fully saturated rings. The van der Waals surface area contributed by atoms with Crippen LogP contribution in [0.4, 0.5) is 0 Å². The molecule has 0 aliphatic heterocycles. The van der Waals surface area contributed by atoms with Crippen LogP contribution in [0.5, 0.6) is 0 Å². The first-order valence-electron chi connectivity index (χ1n) is 5.20. The highest BCUT2D eigenvalue weighted by Gasteiger charge is 2.14. The van der Waals surface area contributed by atoms with Crippen LogP contribution >= 0.6 is 0 Å². The lowest BCUT2D eigenvalue weighted by atomic mass is 10.1. The van der Waals surface area contributed by atoms with Gasteiger partial charge in [0.2, 0.25) is 0 Å². The van der Waals surface area contributed by atoms with Gasteiger partial charge in [0.1, 0.15) is 11.8 Å². The van der Waals surface area contributed by atoms with Crippen LogP contribution in [-0.4, -0.2) is 4.57 Å². The Bertz CT molecular complexity index is 608. The molecule has 2 aromatic rings. The molecule has 1 aromatic carbocycles. The summed E-state index contributed by atoms with van der Waals surface area (Å²) in [4.78, 5) is 0. The van der Waals surface area contributed by atoms with Crippen molar-refractivity contribution in [2.24, 2.45) is 0 Å². The average Bonchev–Trinajstić information content (AvgIpc) is 2.63. The summed E-state index contributed by atoms with van der Waals surface area (Å²) in [5, 5.41) is 19.0. The third-order valence-electron chi connectivity index (χ3n) is 2.75. The van der Waals surface area contributed by atoms with Crippen molar-refractivity contribution in [3.05, 3.63) is 35.5 Å². The van der Waals surface area contributed by atoms with Gasteiger partial charge in [-0.2, -0.15) is 10.5 Å². The quantitative estimate of drug-likeness (QED) is 0.763. The zero-order valence-corrected chi connectivity index (χ0v) is 9.07. The number of nitrogens with zero attached hydrogens (tertiary/aromatic N) is 3. The number of hydrogen-bond acceptors (Lipinski definition) is 2. The fourth-order valence-corrected chi connectivity index (χ4v) is 2.09. The Morgan fingerprint density at radius 2 is 2.00 bits per heavy atom. The lowest BCUT2D eigenvalue weighted by Crippen LogP contribution is -1.98. The summed E-state index contributed by atoms with van der Waals surface area (Å²) in [5.41, 5.74) is 2.50. The van der Waals surface area contributed by atoms with Gasteiger partial charge in [-0.1, -0.05) is 18.2 Å². The van der Waals surface area contributed by atoms with E-state index in [2.05, 4.69) is 12.1 Å². The molecule has 78 valence electrons.